The van der Waals surface area contributed by atoms with Crippen molar-refractivity contribution in [2.45, 2.75) is 64.3 Å². The van der Waals surface area contributed by atoms with E-state index in [0.29, 0.717) is 37.8 Å². The number of fused-ring (bicyclic) bond motifs is 1. The number of alkyl halides is 3. The zero-order valence-corrected chi connectivity index (χ0v) is 22.9. The molecule has 0 saturated heterocycles. The van der Waals surface area contributed by atoms with Gasteiger partial charge in [-0.25, -0.2) is 4.79 Å². The van der Waals surface area contributed by atoms with Crippen molar-refractivity contribution >= 4 is 12.0 Å². The fourth-order valence-corrected chi connectivity index (χ4v) is 4.34. The second kappa shape index (κ2) is 12.7. The number of ether oxygens (including phenoxy) is 2. The maximum atomic E-state index is 13.3. The molecule has 220 valence electrons. The molecule has 1 aliphatic rings. The molecule has 0 aliphatic carbocycles. The van der Waals surface area contributed by atoms with Crippen LogP contribution in [0.4, 0.5) is 18.0 Å². The highest BCUT2D eigenvalue weighted by Gasteiger charge is 2.34. The molecule has 41 heavy (non-hydrogen) atoms. The van der Waals surface area contributed by atoms with E-state index >= 15 is 0 Å². The molecular formula is C28H33F3N6O4. The number of aromatic nitrogens is 3. The van der Waals surface area contributed by atoms with Crippen LogP contribution >= 0.6 is 0 Å². The van der Waals surface area contributed by atoms with Gasteiger partial charge in [-0.3, -0.25) is 4.79 Å². The van der Waals surface area contributed by atoms with E-state index in [2.05, 4.69) is 15.5 Å². The van der Waals surface area contributed by atoms with E-state index in [1.54, 1.807) is 13.8 Å². The third-order valence-corrected chi connectivity index (χ3v) is 6.53. The van der Waals surface area contributed by atoms with E-state index in [9.17, 15) is 22.8 Å². The van der Waals surface area contributed by atoms with Crippen molar-refractivity contribution in [3.05, 3.63) is 82.9 Å². The Bertz CT molecular complexity index is 1340. The third kappa shape index (κ3) is 7.82. The molecule has 2 heterocycles. The number of hydrogen-bond donors (Lipinski definition) is 2. The Morgan fingerprint density at radius 2 is 1.73 bits per heavy atom. The average molecular weight is 575 g/mol. The minimum Gasteiger partial charge on any atom is -0.445 e. The van der Waals surface area contributed by atoms with Crippen LogP contribution < -0.4 is 11.1 Å². The Morgan fingerprint density at radius 3 is 2.44 bits per heavy atom. The average Bonchev–Trinajstić information content (AvgIpc) is 3.19. The van der Waals surface area contributed by atoms with Gasteiger partial charge < -0.3 is 30.0 Å². The summed E-state index contributed by atoms with van der Waals surface area (Å²) in [4.78, 5) is 27.0. The van der Waals surface area contributed by atoms with Crippen LogP contribution in [0.2, 0.25) is 0 Å². The molecule has 1 atom stereocenters. The summed E-state index contributed by atoms with van der Waals surface area (Å²) in [5.41, 5.74) is 4.83. The van der Waals surface area contributed by atoms with E-state index in [1.807, 2.05) is 34.9 Å². The molecule has 2 aromatic carbocycles. The van der Waals surface area contributed by atoms with Gasteiger partial charge in [0.2, 0.25) is 5.91 Å². The molecule has 2 amide bonds. The Hall–Kier alpha value is -3.97. The first-order valence-corrected chi connectivity index (χ1v) is 13.1. The second-order valence-corrected chi connectivity index (χ2v) is 10.4. The fraction of sp³-hybridized carbons (Fsp3) is 0.429. The molecular weight excluding hydrogens is 541 g/mol. The number of nitrogens with two attached hydrogens (primary N) is 1. The van der Waals surface area contributed by atoms with E-state index < -0.39 is 41.9 Å². The van der Waals surface area contributed by atoms with Crippen molar-refractivity contribution < 1.29 is 32.2 Å². The molecule has 4 rings (SSSR count). The van der Waals surface area contributed by atoms with Crippen LogP contribution in [0.5, 0.6) is 0 Å². The summed E-state index contributed by atoms with van der Waals surface area (Å²) >= 11 is 0. The highest BCUT2D eigenvalue weighted by atomic mass is 19.4. The molecule has 0 fully saturated rings. The van der Waals surface area contributed by atoms with Crippen LogP contribution in [-0.2, 0) is 46.7 Å². The van der Waals surface area contributed by atoms with E-state index in [4.69, 9.17) is 15.2 Å². The number of carbonyl (C=O) groups excluding carboxylic acids is 2. The third-order valence-electron chi connectivity index (χ3n) is 6.53. The zero-order valence-electron chi connectivity index (χ0n) is 22.9. The van der Waals surface area contributed by atoms with Gasteiger partial charge in [-0.2, -0.15) is 13.2 Å². The summed E-state index contributed by atoms with van der Waals surface area (Å²) in [7, 11) is 0. The molecule has 0 saturated carbocycles. The molecule has 1 aliphatic heterocycles. The topological polar surface area (TPSA) is 125 Å². The molecule has 3 aromatic rings. The number of carbonyl (C=O) groups is 2. The second-order valence-electron chi connectivity index (χ2n) is 10.4. The van der Waals surface area contributed by atoms with Crippen molar-refractivity contribution in [3.63, 3.8) is 0 Å². The van der Waals surface area contributed by atoms with Gasteiger partial charge in [-0.15, -0.1) is 10.2 Å². The van der Waals surface area contributed by atoms with E-state index in [0.717, 1.165) is 11.6 Å². The van der Waals surface area contributed by atoms with Crippen molar-refractivity contribution in [1.29, 1.82) is 0 Å². The van der Waals surface area contributed by atoms with Gasteiger partial charge in [0, 0.05) is 18.7 Å². The quantitative estimate of drug-likeness (QED) is 0.397. The van der Waals surface area contributed by atoms with Crippen LogP contribution in [0.1, 0.15) is 54.6 Å². The summed E-state index contributed by atoms with van der Waals surface area (Å²) in [5.74, 6) is 0.487. The maximum Gasteiger partial charge on any atom is 0.416 e. The Labute approximate surface area is 235 Å². The lowest BCUT2D eigenvalue weighted by molar-refractivity contribution is -0.138. The van der Waals surface area contributed by atoms with Crippen LogP contribution in [0.15, 0.2) is 54.6 Å². The minimum atomic E-state index is -4.56. The zero-order chi connectivity index (χ0) is 29.6. The van der Waals surface area contributed by atoms with Gasteiger partial charge in [0.1, 0.15) is 12.6 Å². The van der Waals surface area contributed by atoms with Crippen molar-refractivity contribution in [3.8, 4) is 0 Å². The summed E-state index contributed by atoms with van der Waals surface area (Å²) in [6.45, 7) is 3.83. The van der Waals surface area contributed by atoms with Gasteiger partial charge in [0.25, 0.3) is 0 Å². The first kappa shape index (κ1) is 30.0. The number of halogens is 3. The molecule has 10 nitrogen and oxygen atoms in total. The van der Waals surface area contributed by atoms with Gasteiger partial charge in [0.05, 0.1) is 30.9 Å². The van der Waals surface area contributed by atoms with Gasteiger partial charge in [-0.05, 0) is 31.9 Å². The van der Waals surface area contributed by atoms with Crippen LogP contribution in [0.25, 0.3) is 0 Å². The predicted molar refractivity (Wildman–Crippen MR) is 142 cm³/mol. The van der Waals surface area contributed by atoms with Crippen molar-refractivity contribution in [1.82, 2.24) is 25.0 Å². The molecule has 3 N–H and O–H groups in total. The highest BCUT2D eigenvalue weighted by molar-refractivity contribution is 5.85. The largest absolute Gasteiger partial charge is 0.445 e. The Kier molecular flexibility index (Phi) is 9.28. The number of nitrogens with one attached hydrogen (secondary N) is 1. The lowest BCUT2D eigenvalue weighted by Gasteiger charge is -2.24. The molecule has 0 unspecified atom stereocenters. The Morgan fingerprint density at radius 1 is 1.02 bits per heavy atom. The van der Waals surface area contributed by atoms with Crippen molar-refractivity contribution in [2.75, 3.05) is 13.2 Å². The number of amides is 2. The van der Waals surface area contributed by atoms with Gasteiger partial charge in [-0.1, -0.05) is 48.5 Å². The summed E-state index contributed by atoms with van der Waals surface area (Å²) in [6.07, 6.45) is -4.82. The number of benzene rings is 2. The lowest BCUT2D eigenvalue weighted by atomic mass is 10.1. The smallest absolute Gasteiger partial charge is 0.416 e. The van der Waals surface area contributed by atoms with Crippen LogP contribution in [0, 0.1) is 0 Å². The Balaban J connectivity index is 1.46. The fourth-order valence-electron chi connectivity index (χ4n) is 4.34. The predicted octanol–water partition coefficient (Wildman–Crippen LogP) is 3.95. The lowest BCUT2D eigenvalue weighted by Crippen LogP contribution is -2.51. The monoisotopic (exact) mass is 574 g/mol. The van der Waals surface area contributed by atoms with E-state index in [1.165, 1.54) is 23.1 Å². The first-order valence-electron chi connectivity index (χ1n) is 13.1. The van der Waals surface area contributed by atoms with Crippen LogP contribution in [-0.4, -0.2) is 50.4 Å². The van der Waals surface area contributed by atoms with Gasteiger partial charge in [0.15, 0.2) is 11.6 Å². The first-order chi connectivity index (χ1) is 19.4. The highest BCUT2D eigenvalue weighted by Crippen LogP contribution is 2.32. The minimum absolute atomic E-state index is 0.0284. The number of nitrogens with zero attached hydrogens (tertiary/aromatic N) is 4. The van der Waals surface area contributed by atoms with Crippen LogP contribution in [0.3, 0.4) is 0 Å². The molecule has 0 spiro atoms. The summed E-state index contributed by atoms with van der Waals surface area (Å²) in [5, 5.41) is 11.4. The maximum absolute atomic E-state index is 13.3. The standard InChI is InChI=1S/C28H33F3N6O4/c1-27(2,32)25(38)33-22(18-40-16-19-9-4-3-5-10-19)24-35-34-23-15-36(13-8-14-37(23)24)26(39)41-17-20-11-6-7-12-21(20)28(29,30)31/h3-7,9-12,22H,8,13-18,32H2,1-2H3,(H,33,38)/t22-/m1/s1. The normalized spacial score (nSPS) is 14.6. The SMILES string of the molecule is CC(C)(N)C(=O)N[C@H](COCc1ccccc1)c1nnc2n1CCCN(C(=O)OCc1ccccc1C(F)(F)F)C2. The van der Waals surface area contributed by atoms with E-state index in [-0.39, 0.29) is 18.7 Å². The van der Waals surface area contributed by atoms with Gasteiger partial charge >= 0.3 is 12.3 Å². The summed E-state index contributed by atoms with van der Waals surface area (Å²) in [6, 6.07) is 13.8. The molecule has 0 radical (unpaired) electrons. The molecule has 1 aromatic heterocycles. The summed E-state index contributed by atoms with van der Waals surface area (Å²) < 4.78 is 52.9. The molecule has 13 heteroatoms. The molecule has 0 bridgehead atoms. The number of rotatable bonds is 9. The number of hydrogen-bond acceptors (Lipinski definition) is 7. The van der Waals surface area contributed by atoms with Crippen molar-refractivity contribution in [2.24, 2.45) is 5.73 Å².